The van der Waals surface area contributed by atoms with Gasteiger partial charge in [-0.05, 0) is 40.5 Å². The maximum absolute atomic E-state index is 12.0. The van der Waals surface area contributed by atoms with Gasteiger partial charge in [-0.15, -0.1) is 0 Å². The second-order valence-corrected chi connectivity index (χ2v) is 4.67. The van der Waals surface area contributed by atoms with Crippen molar-refractivity contribution in [2.45, 2.75) is 6.92 Å². The molecule has 2 aromatic rings. The largest absolute Gasteiger partial charge is 0.305 e. The first-order chi connectivity index (χ1) is 8.06. The summed E-state index contributed by atoms with van der Waals surface area (Å²) in [4.78, 5) is 12.0. The Balaban J connectivity index is 2.20. The predicted octanol–water partition coefficient (Wildman–Crippen LogP) is 2.74. The van der Waals surface area contributed by atoms with Gasteiger partial charge in [-0.25, -0.2) is 0 Å². The van der Waals surface area contributed by atoms with Crippen LogP contribution in [0.25, 0.3) is 0 Å². The number of carbonyl (C=O) groups is 1. The Bertz CT molecular complexity index is 563. The summed E-state index contributed by atoms with van der Waals surface area (Å²) in [5.74, 6) is 0.376. The van der Waals surface area contributed by atoms with Crippen LogP contribution in [0.1, 0.15) is 15.9 Å². The summed E-state index contributed by atoms with van der Waals surface area (Å²) in [6.07, 6.45) is 1.78. The van der Waals surface area contributed by atoms with Crippen LogP contribution in [-0.2, 0) is 7.05 Å². The molecule has 5 heteroatoms. The maximum Gasteiger partial charge on any atom is 0.258 e. The molecule has 17 heavy (non-hydrogen) atoms. The van der Waals surface area contributed by atoms with Crippen LogP contribution in [0.4, 0.5) is 5.82 Å². The lowest BCUT2D eigenvalue weighted by molar-refractivity contribution is 0.102. The first kappa shape index (κ1) is 11.9. The predicted molar refractivity (Wildman–Crippen MR) is 70.0 cm³/mol. The van der Waals surface area contributed by atoms with E-state index < -0.39 is 0 Å². The highest BCUT2D eigenvalue weighted by atomic mass is 79.9. The van der Waals surface area contributed by atoms with Crippen LogP contribution in [0.3, 0.4) is 0 Å². The quantitative estimate of drug-likeness (QED) is 0.925. The molecular weight excluding hydrogens is 282 g/mol. The summed E-state index contributed by atoms with van der Waals surface area (Å²) in [6.45, 7) is 1.98. The Morgan fingerprint density at radius 2 is 2.18 bits per heavy atom. The van der Waals surface area contributed by atoms with Gasteiger partial charge in [0.1, 0.15) is 0 Å². The molecule has 0 aliphatic carbocycles. The number of aryl methyl sites for hydroxylation is 2. The number of aromatic nitrogens is 2. The van der Waals surface area contributed by atoms with E-state index in [0.29, 0.717) is 11.4 Å². The average Bonchev–Trinajstić information content (AvgIpc) is 2.63. The van der Waals surface area contributed by atoms with Crippen molar-refractivity contribution in [1.82, 2.24) is 9.78 Å². The molecule has 0 atom stereocenters. The van der Waals surface area contributed by atoms with E-state index in [1.807, 2.05) is 19.1 Å². The number of carbonyl (C=O) groups excluding carboxylic acids is 1. The van der Waals surface area contributed by atoms with E-state index in [2.05, 4.69) is 26.3 Å². The van der Waals surface area contributed by atoms with Crippen LogP contribution >= 0.6 is 15.9 Å². The highest BCUT2D eigenvalue weighted by molar-refractivity contribution is 9.10. The number of amides is 1. The minimum absolute atomic E-state index is 0.171. The Morgan fingerprint density at radius 3 is 2.76 bits per heavy atom. The normalized spacial score (nSPS) is 10.3. The number of rotatable bonds is 2. The number of halogens is 1. The number of nitrogens with one attached hydrogen (secondary N) is 1. The second kappa shape index (κ2) is 4.71. The van der Waals surface area contributed by atoms with Gasteiger partial charge in [-0.1, -0.05) is 6.07 Å². The van der Waals surface area contributed by atoms with Crippen molar-refractivity contribution in [3.05, 3.63) is 46.1 Å². The van der Waals surface area contributed by atoms with Crippen molar-refractivity contribution >= 4 is 27.7 Å². The van der Waals surface area contributed by atoms with Crippen molar-refractivity contribution < 1.29 is 4.79 Å². The molecule has 0 spiro atoms. The highest BCUT2D eigenvalue weighted by Crippen LogP contribution is 2.19. The van der Waals surface area contributed by atoms with Crippen molar-refractivity contribution in [3.63, 3.8) is 0 Å². The monoisotopic (exact) mass is 293 g/mol. The van der Waals surface area contributed by atoms with Gasteiger partial charge in [0, 0.05) is 23.8 Å². The van der Waals surface area contributed by atoms with E-state index in [1.165, 1.54) is 0 Å². The van der Waals surface area contributed by atoms with E-state index in [-0.39, 0.29) is 5.91 Å². The number of hydrogen-bond donors (Lipinski definition) is 1. The lowest BCUT2D eigenvalue weighted by Gasteiger charge is -2.05. The number of anilines is 1. The molecular formula is C12H12BrN3O. The third-order valence-corrected chi connectivity index (χ3v) is 2.98. The van der Waals surface area contributed by atoms with Gasteiger partial charge in [0.15, 0.2) is 5.82 Å². The average molecular weight is 294 g/mol. The zero-order valence-electron chi connectivity index (χ0n) is 9.57. The van der Waals surface area contributed by atoms with Crippen LogP contribution in [0, 0.1) is 6.92 Å². The van der Waals surface area contributed by atoms with Gasteiger partial charge in [0.05, 0.1) is 5.56 Å². The summed E-state index contributed by atoms with van der Waals surface area (Å²) in [6, 6.07) is 7.35. The molecule has 1 heterocycles. The van der Waals surface area contributed by atoms with E-state index in [4.69, 9.17) is 0 Å². The van der Waals surface area contributed by atoms with E-state index in [9.17, 15) is 4.79 Å². The Morgan fingerprint density at radius 1 is 1.41 bits per heavy atom. The maximum atomic E-state index is 12.0. The minimum Gasteiger partial charge on any atom is -0.305 e. The van der Waals surface area contributed by atoms with Crippen molar-refractivity contribution in [3.8, 4) is 0 Å². The van der Waals surface area contributed by atoms with Gasteiger partial charge in [0.25, 0.3) is 5.91 Å². The molecule has 0 aliphatic heterocycles. The lowest BCUT2D eigenvalue weighted by atomic mass is 10.1. The molecule has 2 rings (SSSR count). The molecule has 0 fully saturated rings. The summed E-state index contributed by atoms with van der Waals surface area (Å²) in [5.41, 5.74) is 1.70. The highest BCUT2D eigenvalue weighted by Gasteiger charge is 2.11. The first-order valence-corrected chi connectivity index (χ1v) is 5.93. The first-order valence-electron chi connectivity index (χ1n) is 5.13. The third kappa shape index (κ3) is 2.74. The SMILES string of the molecule is Cc1ccc(C(=O)Nc2ccn(C)n2)c(Br)c1. The molecule has 1 amide bonds. The summed E-state index contributed by atoms with van der Waals surface area (Å²) in [7, 11) is 1.80. The van der Waals surface area contributed by atoms with E-state index in [0.717, 1.165) is 10.0 Å². The fourth-order valence-corrected chi connectivity index (χ4v) is 2.14. The molecule has 0 radical (unpaired) electrons. The van der Waals surface area contributed by atoms with E-state index >= 15 is 0 Å². The third-order valence-electron chi connectivity index (χ3n) is 2.32. The fourth-order valence-electron chi connectivity index (χ4n) is 1.47. The molecule has 1 aromatic carbocycles. The number of benzene rings is 1. The van der Waals surface area contributed by atoms with Crippen molar-refractivity contribution in [2.75, 3.05) is 5.32 Å². The molecule has 0 saturated heterocycles. The van der Waals surface area contributed by atoms with Gasteiger partial charge in [-0.2, -0.15) is 5.10 Å². The summed E-state index contributed by atoms with van der Waals surface area (Å²) < 4.78 is 2.42. The van der Waals surface area contributed by atoms with Crippen LogP contribution < -0.4 is 5.32 Å². The smallest absolute Gasteiger partial charge is 0.258 e. The second-order valence-electron chi connectivity index (χ2n) is 3.81. The van der Waals surface area contributed by atoms with Crippen molar-refractivity contribution in [1.29, 1.82) is 0 Å². The van der Waals surface area contributed by atoms with Gasteiger partial charge in [0.2, 0.25) is 0 Å². The Kier molecular flexibility index (Phi) is 3.28. The summed E-state index contributed by atoms with van der Waals surface area (Å²) >= 11 is 3.38. The molecule has 0 bridgehead atoms. The van der Waals surface area contributed by atoms with Crippen LogP contribution in [0.15, 0.2) is 34.9 Å². The molecule has 4 nitrogen and oxygen atoms in total. The molecule has 1 N–H and O–H groups in total. The molecule has 1 aromatic heterocycles. The topological polar surface area (TPSA) is 46.9 Å². The molecule has 0 unspecified atom stereocenters. The van der Waals surface area contributed by atoms with Gasteiger partial charge in [-0.3, -0.25) is 9.48 Å². The molecule has 0 aliphatic rings. The van der Waals surface area contributed by atoms with Crippen LogP contribution in [0.5, 0.6) is 0 Å². The zero-order chi connectivity index (χ0) is 12.4. The fraction of sp³-hybridized carbons (Fsp3) is 0.167. The number of nitrogens with zero attached hydrogens (tertiary/aromatic N) is 2. The lowest BCUT2D eigenvalue weighted by Crippen LogP contribution is -2.13. The standard InChI is InChI=1S/C12H12BrN3O/c1-8-3-4-9(10(13)7-8)12(17)14-11-5-6-16(2)15-11/h3-7H,1-2H3,(H,14,15,17). The van der Waals surface area contributed by atoms with Crippen LogP contribution in [-0.4, -0.2) is 15.7 Å². The zero-order valence-corrected chi connectivity index (χ0v) is 11.2. The van der Waals surface area contributed by atoms with Crippen LogP contribution in [0.2, 0.25) is 0 Å². The molecule has 88 valence electrons. The molecule has 0 saturated carbocycles. The minimum atomic E-state index is -0.171. The van der Waals surface area contributed by atoms with Gasteiger partial charge < -0.3 is 5.32 Å². The van der Waals surface area contributed by atoms with E-state index in [1.54, 1.807) is 30.1 Å². The number of hydrogen-bond acceptors (Lipinski definition) is 2. The Labute approximate surface area is 108 Å². The van der Waals surface area contributed by atoms with Crippen molar-refractivity contribution in [2.24, 2.45) is 7.05 Å². The summed E-state index contributed by atoms with van der Waals surface area (Å²) in [5, 5.41) is 6.83. The Hall–Kier alpha value is -1.62. The van der Waals surface area contributed by atoms with Gasteiger partial charge >= 0.3 is 0 Å².